The zero-order valence-electron chi connectivity index (χ0n) is 8.84. The topological polar surface area (TPSA) is 75.6 Å². The number of carboxylic acids is 1. The number of hydrogen-bond donors (Lipinski definition) is 2. The van der Waals surface area contributed by atoms with Crippen molar-refractivity contribution in [3.8, 4) is 0 Å². The number of amides is 1. The molecule has 0 bridgehead atoms. The monoisotopic (exact) mass is 255 g/mol. The van der Waals surface area contributed by atoms with Gasteiger partial charge in [0.2, 0.25) is 5.91 Å². The summed E-state index contributed by atoms with van der Waals surface area (Å²) >= 11 is 0. The van der Waals surface area contributed by atoms with Gasteiger partial charge in [0, 0.05) is 0 Å². The number of carboxylic acid groups (broad SMARTS) is 1. The van der Waals surface area contributed by atoms with Crippen LogP contribution in [0.15, 0.2) is 0 Å². The molecule has 0 aromatic heterocycles. The molecule has 1 aliphatic carbocycles. The molecular formula is C9H12F3NO4. The Bertz CT molecular complexity index is 312. The maximum atomic E-state index is 11.7. The SMILES string of the molecule is O=C(COCC(F)(F)F)NC1(C(=O)O)CCC1. The molecule has 1 amide bonds. The van der Waals surface area contributed by atoms with Crippen molar-refractivity contribution < 1.29 is 32.6 Å². The summed E-state index contributed by atoms with van der Waals surface area (Å²) in [6.07, 6.45) is -3.27. The molecule has 0 aliphatic heterocycles. The number of carbonyl (C=O) groups is 2. The molecule has 0 aromatic rings. The molecule has 0 heterocycles. The Morgan fingerprint density at radius 1 is 1.35 bits per heavy atom. The third-order valence-electron chi connectivity index (χ3n) is 2.49. The molecule has 17 heavy (non-hydrogen) atoms. The summed E-state index contributed by atoms with van der Waals surface area (Å²) in [5, 5.41) is 11.0. The van der Waals surface area contributed by atoms with E-state index in [0.717, 1.165) is 0 Å². The lowest BCUT2D eigenvalue weighted by Gasteiger charge is -2.38. The van der Waals surface area contributed by atoms with E-state index in [1.807, 2.05) is 0 Å². The zero-order valence-corrected chi connectivity index (χ0v) is 8.84. The largest absolute Gasteiger partial charge is 0.480 e. The highest BCUT2D eigenvalue weighted by atomic mass is 19.4. The fraction of sp³-hybridized carbons (Fsp3) is 0.778. The van der Waals surface area contributed by atoms with E-state index in [-0.39, 0.29) is 12.8 Å². The summed E-state index contributed by atoms with van der Waals surface area (Å²) < 4.78 is 39.2. The molecule has 0 unspecified atom stereocenters. The minimum atomic E-state index is -4.50. The van der Waals surface area contributed by atoms with Gasteiger partial charge in [-0.2, -0.15) is 13.2 Å². The van der Waals surface area contributed by atoms with E-state index in [1.165, 1.54) is 0 Å². The van der Waals surface area contributed by atoms with Crippen molar-refractivity contribution >= 4 is 11.9 Å². The molecule has 1 rings (SSSR count). The predicted octanol–water partition coefficient (Wildman–Crippen LogP) is 0.689. The van der Waals surface area contributed by atoms with Gasteiger partial charge in [-0.05, 0) is 19.3 Å². The van der Waals surface area contributed by atoms with Crippen LogP contribution in [0, 0.1) is 0 Å². The van der Waals surface area contributed by atoms with E-state index in [9.17, 15) is 22.8 Å². The first-order valence-electron chi connectivity index (χ1n) is 4.94. The van der Waals surface area contributed by atoms with Crippen LogP contribution in [0.3, 0.4) is 0 Å². The van der Waals surface area contributed by atoms with Crippen molar-refractivity contribution in [1.29, 1.82) is 0 Å². The fourth-order valence-electron chi connectivity index (χ4n) is 1.49. The highest BCUT2D eigenvalue weighted by Gasteiger charge is 2.45. The molecule has 2 N–H and O–H groups in total. The van der Waals surface area contributed by atoms with Crippen LogP contribution in [-0.2, 0) is 14.3 Å². The Kier molecular flexibility index (Phi) is 3.97. The van der Waals surface area contributed by atoms with Crippen molar-refractivity contribution in [2.45, 2.75) is 31.0 Å². The average Bonchev–Trinajstić information content (AvgIpc) is 2.08. The second kappa shape index (κ2) is 4.91. The van der Waals surface area contributed by atoms with Crippen molar-refractivity contribution in [3.63, 3.8) is 0 Å². The standard InChI is InChI=1S/C9H12F3NO4/c10-9(11,12)5-17-4-6(14)13-8(7(15)16)2-1-3-8/h1-5H2,(H,13,14)(H,15,16). The average molecular weight is 255 g/mol. The number of halogens is 3. The van der Waals surface area contributed by atoms with E-state index in [0.29, 0.717) is 6.42 Å². The zero-order chi connectivity index (χ0) is 13.1. The number of rotatable bonds is 5. The van der Waals surface area contributed by atoms with Gasteiger partial charge in [-0.25, -0.2) is 4.79 Å². The quantitative estimate of drug-likeness (QED) is 0.757. The van der Waals surface area contributed by atoms with Crippen molar-refractivity contribution in [2.75, 3.05) is 13.2 Å². The second-order valence-corrected chi connectivity index (χ2v) is 3.90. The number of nitrogens with one attached hydrogen (secondary N) is 1. The summed E-state index contributed by atoms with van der Waals surface area (Å²) in [4.78, 5) is 22.0. The number of alkyl halides is 3. The summed E-state index contributed by atoms with van der Waals surface area (Å²) in [5.41, 5.74) is -1.32. The van der Waals surface area contributed by atoms with Crippen molar-refractivity contribution in [2.24, 2.45) is 0 Å². The number of aliphatic carboxylic acids is 1. The molecular weight excluding hydrogens is 243 g/mol. The molecule has 0 aromatic carbocycles. The molecule has 1 fully saturated rings. The summed E-state index contributed by atoms with van der Waals surface area (Å²) in [6.45, 7) is -2.32. The molecule has 98 valence electrons. The molecule has 5 nitrogen and oxygen atoms in total. The van der Waals surface area contributed by atoms with E-state index in [2.05, 4.69) is 10.1 Å². The molecule has 1 aliphatic rings. The third kappa shape index (κ3) is 3.88. The minimum absolute atomic E-state index is 0.285. The molecule has 0 atom stereocenters. The van der Waals surface area contributed by atoms with Gasteiger partial charge in [0.25, 0.3) is 0 Å². The van der Waals surface area contributed by atoms with Crippen LogP contribution in [0.1, 0.15) is 19.3 Å². The Labute approximate surface area is 94.9 Å². The Morgan fingerprint density at radius 3 is 2.29 bits per heavy atom. The van der Waals surface area contributed by atoms with Crippen LogP contribution in [0.5, 0.6) is 0 Å². The second-order valence-electron chi connectivity index (χ2n) is 3.90. The van der Waals surface area contributed by atoms with E-state index >= 15 is 0 Å². The predicted molar refractivity (Wildman–Crippen MR) is 49.2 cm³/mol. The smallest absolute Gasteiger partial charge is 0.411 e. The molecule has 1 saturated carbocycles. The van der Waals surface area contributed by atoms with Crippen LogP contribution in [0.4, 0.5) is 13.2 Å². The van der Waals surface area contributed by atoms with Crippen LogP contribution >= 0.6 is 0 Å². The lowest BCUT2D eigenvalue weighted by atomic mass is 9.77. The summed E-state index contributed by atoms with van der Waals surface area (Å²) in [7, 11) is 0. The molecule has 0 radical (unpaired) electrons. The van der Waals surface area contributed by atoms with Crippen LogP contribution < -0.4 is 5.32 Å². The lowest BCUT2D eigenvalue weighted by Crippen LogP contribution is -2.59. The Balaban J connectivity index is 2.32. The number of carbonyl (C=O) groups excluding carboxylic acids is 1. The maximum Gasteiger partial charge on any atom is 0.411 e. The van der Waals surface area contributed by atoms with E-state index in [1.54, 1.807) is 0 Å². The number of hydrogen-bond acceptors (Lipinski definition) is 3. The van der Waals surface area contributed by atoms with Gasteiger partial charge < -0.3 is 15.2 Å². The first-order valence-corrected chi connectivity index (χ1v) is 4.94. The number of ether oxygens (including phenoxy) is 1. The highest BCUT2D eigenvalue weighted by Crippen LogP contribution is 2.31. The van der Waals surface area contributed by atoms with Crippen LogP contribution in [-0.4, -0.2) is 41.9 Å². The molecule has 0 spiro atoms. The van der Waals surface area contributed by atoms with E-state index in [4.69, 9.17) is 5.11 Å². The minimum Gasteiger partial charge on any atom is -0.480 e. The Morgan fingerprint density at radius 2 is 1.94 bits per heavy atom. The molecule has 8 heteroatoms. The fourth-order valence-corrected chi connectivity index (χ4v) is 1.49. The van der Waals surface area contributed by atoms with Gasteiger partial charge in [-0.15, -0.1) is 0 Å². The van der Waals surface area contributed by atoms with Gasteiger partial charge in [0.1, 0.15) is 18.8 Å². The van der Waals surface area contributed by atoms with Gasteiger partial charge in [0.15, 0.2) is 0 Å². The van der Waals surface area contributed by atoms with Crippen LogP contribution in [0.2, 0.25) is 0 Å². The van der Waals surface area contributed by atoms with Gasteiger partial charge >= 0.3 is 12.1 Å². The van der Waals surface area contributed by atoms with Gasteiger partial charge in [-0.3, -0.25) is 4.79 Å². The van der Waals surface area contributed by atoms with Gasteiger partial charge in [-0.1, -0.05) is 0 Å². The lowest BCUT2D eigenvalue weighted by molar-refractivity contribution is -0.177. The highest BCUT2D eigenvalue weighted by molar-refractivity contribution is 5.88. The summed E-state index contributed by atoms with van der Waals surface area (Å²) in [5.74, 6) is -2.02. The normalized spacial score (nSPS) is 18.3. The first kappa shape index (κ1) is 13.8. The Hall–Kier alpha value is -1.31. The first-order chi connectivity index (χ1) is 7.75. The van der Waals surface area contributed by atoms with Gasteiger partial charge in [0.05, 0.1) is 0 Å². The van der Waals surface area contributed by atoms with Crippen molar-refractivity contribution in [3.05, 3.63) is 0 Å². The molecule has 0 saturated heterocycles. The summed E-state index contributed by atoms with van der Waals surface area (Å²) in [6, 6.07) is 0. The third-order valence-corrected chi connectivity index (χ3v) is 2.49. The van der Waals surface area contributed by atoms with Crippen LogP contribution in [0.25, 0.3) is 0 Å². The van der Waals surface area contributed by atoms with E-state index < -0.39 is 36.8 Å². The van der Waals surface area contributed by atoms with Crippen molar-refractivity contribution in [1.82, 2.24) is 5.32 Å². The maximum absolute atomic E-state index is 11.7.